The molecule has 4 heterocycles. The van der Waals surface area contributed by atoms with E-state index in [9.17, 15) is 0 Å². The Morgan fingerprint density at radius 2 is 0.815 bits per heavy atom. The molecule has 6 aliphatic rings. The highest BCUT2D eigenvalue weighted by atomic mass is 16.3. The molecule has 0 radical (unpaired) electrons. The van der Waals surface area contributed by atoms with Crippen molar-refractivity contribution in [3.63, 3.8) is 0 Å². The van der Waals surface area contributed by atoms with Gasteiger partial charge in [0.05, 0.1) is 11.4 Å². The minimum absolute atomic E-state index is 0.0335. The average molecular weight is 859 g/mol. The lowest BCUT2D eigenvalue weighted by Gasteiger charge is -2.57. The summed E-state index contributed by atoms with van der Waals surface area (Å²) in [5.74, 6) is 2.47. The molecule has 5 aromatic carbocycles. The van der Waals surface area contributed by atoms with Gasteiger partial charge in [-0.15, -0.1) is 0 Å². The first-order valence-electron chi connectivity index (χ1n) is 24.8. The monoisotopic (exact) mass is 859 g/mol. The van der Waals surface area contributed by atoms with E-state index in [-0.39, 0.29) is 33.8 Å². The van der Waals surface area contributed by atoms with Gasteiger partial charge in [-0.05, 0) is 177 Å². The van der Waals surface area contributed by atoms with E-state index in [1.165, 1.54) is 83.2 Å². The Kier molecular flexibility index (Phi) is 8.56. The smallest absolute Gasteiger partial charge is 0.342 e. The van der Waals surface area contributed by atoms with Gasteiger partial charge < -0.3 is 18.6 Å². The van der Waals surface area contributed by atoms with Crippen LogP contribution < -0.4 is 26.6 Å². The van der Waals surface area contributed by atoms with Crippen molar-refractivity contribution in [2.24, 2.45) is 17.8 Å². The minimum Gasteiger partial charge on any atom is -0.468 e. The van der Waals surface area contributed by atoms with Crippen LogP contribution in [0, 0.1) is 17.8 Å². The fourth-order valence-corrected chi connectivity index (χ4v) is 13.4. The highest BCUT2D eigenvalue weighted by Crippen LogP contribution is 2.62. The first-order valence-corrected chi connectivity index (χ1v) is 24.8. The van der Waals surface area contributed by atoms with Crippen molar-refractivity contribution in [1.29, 1.82) is 0 Å². The van der Waals surface area contributed by atoms with Crippen molar-refractivity contribution in [2.75, 3.05) is 9.80 Å². The van der Waals surface area contributed by atoms with Crippen LogP contribution in [0.4, 0.5) is 34.1 Å². The van der Waals surface area contributed by atoms with Gasteiger partial charge in [0.2, 0.25) is 0 Å². The molecule has 0 unspecified atom stereocenters. The first-order chi connectivity index (χ1) is 30.6. The Morgan fingerprint density at radius 1 is 0.462 bits per heavy atom. The molecular weight excluding hydrogens is 791 g/mol. The highest BCUT2D eigenvalue weighted by molar-refractivity contribution is 6.99. The van der Waals surface area contributed by atoms with Gasteiger partial charge in [0.1, 0.15) is 22.5 Å². The number of hydrogen-bond donors (Lipinski definition) is 0. The second-order valence-corrected chi connectivity index (χ2v) is 25.4. The summed E-state index contributed by atoms with van der Waals surface area (Å²) in [6.45, 7) is 27.5. The van der Waals surface area contributed by atoms with Gasteiger partial charge in [-0.1, -0.05) is 119 Å². The molecular formula is C60H67BN2O2. The van der Waals surface area contributed by atoms with Crippen LogP contribution in [0.1, 0.15) is 149 Å². The first kappa shape index (κ1) is 41.3. The van der Waals surface area contributed by atoms with E-state index in [1.54, 1.807) is 0 Å². The molecule has 4 bridgehead atoms. The maximum absolute atomic E-state index is 7.37. The second kappa shape index (κ2) is 13.5. The molecule has 0 spiro atoms. The van der Waals surface area contributed by atoms with Crippen LogP contribution in [0.2, 0.25) is 0 Å². The van der Waals surface area contributed by atoms with Gasteiger partial charge in [-0.3, -0.25) is 0 Å². The normalized spacial score (nSPS) is 22.5. The van der Waals surface area contributed by atoms with Crippen molar-refractivity contribution in [3.05, 3.63) is 125 Å². The molecule has 0 N–H and O–H groups in total. The van der Waals surface area contributed by atoms with E-state index in [4.69, 9.17) is 8.83 Å². The number of nitrogens with zero attached hydrogens (tertiary/aromatic N) is 2. The zero-order chi connectivity index (χ0) is 45.3. The predicted octanol–water partition coefficient (Wildman–Crippen LogP) is 14.9. The Balaban J connectivity index is 1.21. The summed E-state index contributed by atoms with van der Waals surface area (Å²) in [4.78, 5) is 5.21. The van der Waals surface area contributed by atoms with Gasteiger partial charge in [-0.25, -0.2) is 0 Å². The summed E-state index contributed by atoms with van der Waals surface area (Å²) in [5, 5.41) is 2.32. The van der Waals surface area contributed by atoms with Crippen molar-refractivity contribution in [2.45, 2.75) is 149 Å². The van der Waals surface area contributed by atoms with Crippen molar-refractivity contribution >= 4 is 79.6 Å². The minimum atomic E-state index is -0.249. The molecule has 65 heavy (non-hydrogen) atoms. The van der Waals surface area contributed by atoms with E-state index >= 15 is 0 Å². The molecule has 4 aliphatic carbocycles. The zero-order valence-corrected chi connectivity index (χ0v) is 41.0. The van der Waals surface area contributed by atoms with Gasteiger partial charge in [0.15, 0.2) is 0 Å². The van der Waals surface area contributed by atoms with Gasteiger partial charge >= 0.3 is 6.71 Å². The van der Waals surface area contributed by atoms with Gasteiger partial charge in [0, 0.05) is 33.5 Å². The molecule has 5 heteroatoms. The van der Waals surface area contributed by atoms with Gasteiger partial charge in [-0.2, -0.15) is 0 Å². The standard InChI is InChI=1S/C60H67BN2O2/c1-56(2,3)38-13-19-43(20-14-38)62-47-30-42(60-32-35-25-36(33-60)27-37(26-35)34-60)31-48-51(47)61(54-52(62)45-28-40(58(7,8)9)17-23-49(45)64-54)55-53(46-29-41(59(10,11)12)18-24-50(46)65-55)63(48)44-21-15-39(16-22-44)57(4,5)6/h13-24,28-31,35-37H,25-27,32-34H2,1-12H3. The number of hydrogen-bond acceptors (Lipinski definition) is 4. The van der Waals surface area contributed by atoms with E-state index in [0.717, 1.165) is 73.8 Å². The SMILES string of the molecule is CC(C)(C)c1ccc(N2c3cc(C45CC6CC(CC(C6)C4)C5)cc4c3B(c3oc5ccc(C(C)(C)C)cc5c32)c2oc3ccc(C(C)(C)C)cc3c2N4c2ccc(C(C)(C)C)cc2)cc1. The molecule has 4 fully saturated rings. The lowest BCUT2D eigenvalue weighted by Crippen LogP contribution is -2.60. The van der Waals surface area contributed by atoms with E-state index in [2.05, 4.69) is 190 Å². The van der Waals surface area contributed by atoms with Crippen molar-refractivity contribution in [1.82, 2.24) is 0 Å². The van der Waals surface area contributed by atoms with Crippen LogP contribution in [0.15, 0.2) is 106 Å². The number of rotatable bonds is 3. The Labute approximate surface area is 387 Å². The third kappa shape index (κ3) is 6.29. The van der Waals surface area contributed by atoms with Crippen LogP contribution >= 0.6 is 0 Å². The molecule has 2 aliphatic heterocycles. The molecule has 4 saturated carbocycles. The molecule has 13 rings (SSSR count). The number of furan rings is 2. The maximum Gasteiger partial charge on any atom is 0.342 e. The van der Waals surface area contributed by atoms with Crippen LogP contribution in [-0.4, -0.2) is 6.71 Å². The van der Waals surface area contributed by atoms with Crippen LogP contribution in [0.3, 0.4) is 0 Å². The average Bonchev–Trinajstić information content (AvgIpc) is 3.80. The van der Waals surface area contributed by atoms with Gasteiger partial charge in [0.25, 0.3) is 0 Å². The van der Waals surface area contributed by atoms with Crippen LogP contribution in [0.5, 0.6) is 0 Å². The predicted molar refractivity (Wildman–Crippen MR) is 275 cm³/mol. The number of anilines is 6. The molecule has 0 saturated heterocycles. The van der Waals surface area contributed by atoms with E-state index in [1.807, 2.05) is 0 Å². The fraction of sp³-hybridized carbons (Fsp3) is 0.433. The highest BCUT2D eigenvalue weighted by Gasteiger charge is 2.55. The van der Waals surface area contributed by atoms with E-state index < -0.39 is 0 Å². The quantitative estimate of drug-likeness (QED) is 0.166. The van der Waals surface area contributed by atoms with Crippen molar-refractivity contribution in [3.8, 4) is 0 Å². The molecule has 0 amide bonds. The number of benzene rings is 5. The topological polar surface area (TPSA) is 32.8 Å². The summed E-state index contributed by atoms with van der Waals surface area (Å²) in [5.41, 5.74) is 19.1. The largest absolute Gasteiger partial charge is 0.468 e. The molecule has 0 atom stereocenters. The summed E-state index contributed by atoms with van der Waals surface area (Å²) in [6, 6.07) is 38.1. The summed E-state index contributed by atoms with van der Waals surface area (Å²) in [6.07, 6.45) is 8.14. The van der Waals surface area contributed by atoms with Crippen LogP contribution in [0.25, 0.3) is 21.9 Å². The Morgan fingerprint density at radius 3 is 1.17 bits per heavy atom. The second-order valence-electron chi connectivity index (χ2n) is 25.4. The summed E-state index contributed by atoms with van der Waals surface area (Å²) >= 11 is 0. The third-order valence-electron chi connectivity index (χ3n) is 16.6. The van der Waals surface area contributed by atoms with Crippen LogP contribution in [-0.2, 0) is 27.1 Å². The van der Waals surface area contributed by atoms with Crippen molar-refractivity contribution < 1.29 is 8.83 Å². The Bertz CT molecular complexity index is 2840. The molecule has 7 aromatic rings. The third-order valence-corrected chi connectivity index (χ3v) is 16.6. The number of fused-ring (bicyclic) bond motifs is 8. The fourth-order valence-electron chi connectivity index (χ4n) is 13.4. The lowest BCUT2D eigenvalue weighted by atomic mass is 9.37. The summed E-state index contributed by atoms with van der Waals surface area (Å²) < 4.78 is 14.7. The maximum atomic E-state index is 7.37. The molecule has 332 valence electrons. The Hall–Kier alpha value is -5.16. The van der Waals surface area contributed by atoms with E-state index in [0.29, 0.717) is 0 Å². The molecule has 4 nitrogen and oxygen atoms in total. The molecule has 2 aromatic heterocycles. The zero-order valence-electron chi connectivity index (χ0n) is 41.0. The summed E-state index contributed by atoms with van der Waals surface area (Å²) in [7, 11) is 0. The lowest BCUT2D eigenvalue weighted by molar-refractivity contribution is -0.00514.